The third-order valence-electron chi connectivity index (χ3n) is 5.89. The lowest BCUT2D eigenvalue weighted by Gasteiger charge is -2.17. The second-order valence-electron chi connectivity index (χ2n) is 9.47. The van der Waals surface area contributed by atoms with Crippen LogP contribution < -0.4 is 47.2 Å². The Morgan fingerprint density at radius 2 is 0.826 bits per heavy atom. The van der Waals surface area contributed by atoms with Crippen molar-refractivity contribution in [2.75, 3.05) is 0 Å². The van der Waals surface area contributed by atoms with Gasteiger partial charge in [-0.25, -0.2) is 57.2 Å². The third kappa shape index (κ3) is 12.1. The molecule has 5 rings (SSSR count). The van der Waals surface area contributed by atoms with Gasteiger partial charge in [-0.3, -0.25) is 0 Å². The van der Waals surface area contributed by atoms with Gasteiger partial charge in [-0.2, -0.15) is 0 Å². The largest absolute Gasteiger partial charge is 0.507 e. The Kier molecular flexibility index (Phi) is 12.2. The van der Waals surface area contributed by atoms with Crippen LogP contribution in [-0.4, -0.2) is 20.2 Å². The normalized spacial score (nSPS) is 11.0. The molecule has 0 spiro atoms. The molecule has 4 aromatic carbocycles. The highest BCUT2D eigenvalue weighted by atomic mass is 35.7. The predicted octanol–water partition coefficient (Wildman–Crippen LogP) is -3.96. The van der Waals surface area contributed by atoms with Crippen LogP contribution in [0.4, 0.5) is 0 Å². The molecular weight excluding hydrogens is 647 g/mol. The number of nitrogens with zero attached hydrogens (tertiary/aromatic N) is 2. The molecule has 1 aromatic heterocycles. The van der Waals surface area contributed by atoms with Crippen molar-refractivity contribution >= 4 is 43.6 Å². The molecule has 14 nitrogen and oxygen atoms in total. The average Bonchev–Trinajstić information content (AvgIpc) is 2.95. The molecule has 0 aliphatic carbocycles. The Hall–Kier alpha value is -4.58. The van der Waals surface area contributed by atoms with Crippen molar-refractivity contribution in [2.24, 2.45) is 0 Å². The van der Waals surface area contributed by atoms with Crippen LogP contribution in [0.25, 0.3) is 43.6 Å². The van der Waals surface area contributed by atoms with Crippen molar-refractivity contribution in [1.29, 1.82) is 0 Å². The summed E-state index contributed by atoms with van der Waals surface area (Å²) >= 11 is 0. The number of para-hydroxylation sites is 4. The fourth-order valence-corrected chi connectivity index (χ4v) is 4.09. The number of phenolic OH excluding ortho intramolecular Hbond substituents is 2. The number of aromatic nitrogens is 4. The minimum Gasteiger partial charge on any atom is -0.507 e. The molecule has 5 aromatic rings. The Morgan fingerprint density at radius 3 is 1.20 bits per heavy atom. The number of aryl methyl sites for hydroxylation is 2. The molecule has 0 radical (unpaired) electrons. The minimum atomic E-state index is -4.94. The summed E-state index contributed by atoms with van der Waals surface area (Å²) in [5, 5.41) is 24.4. The van der Waals surface area contributed by atoms with E-state index in [2.05, 4.69) is 19.9 Å². The van der Waals surface area contributed by atoms with Gasteiger partial charge in [-0.15, -0.1) is 20.5 Å². The van der Waals surface area contributed by atoms with Crippen molar-refractivity contribution in [3.8, 4) is 11.5 Å². The van der Waals surface area contributed by atoms with Crippen LogP contribution in [0.2, 0.25) is 0 Å². The van der Waals surface area contributed by atoms with Gasteiger partial charge in [0.2, 0.25) is 11.0 Å². The molecule has 0 unspecified atom stereocenters. The summed E-state index contributed by atoms with van der Waals surface area (Å²) < 4.78 is 67.9. The van der Waals surface area contributed by atoms with E-state index in [9.17, 15) is 10.2 Å². The summed E-state index contributed by atoms with van der Waals surface area (Å²) in [4.78, 5) is 15.8. The number of hydrogen-bond acceptors (Lipinski definition) is 12. The molecule has 0 saturated carbocycles. The van der Waals surface area contributed by atoms with E-state index in [0.29, 0.717) is 32.6 Å². The number of nitrogens with one attached hydrogen (secondary N) is 2. The number of benzene rings is 4. The topological polar surface area (TPSA) is 279 Å². The van der Waals surface area contributed by atoms with Gasteiger partial charge in [0, 0.05) is 35.3 Å². The van der Waals surface area contributed by atoms with E-state index >= 15 is 0 Å². The highest BCUT2D eigenvalue weighted by molar-refractivity contribution is 5.82. The second kappa shape index (κ2) is 15.6. The van der Waals surface area contributed by atoms with Gasteiger partial charge in [-0.05, 0) is 61.4 Å². The zero-order valence-electron chi connectivity index (χ0n) is 24.0. The molecule has 0 aliphatic heterocycles. The van der Waals surface area contributed by atoms with Crippen molar-refractivity contribution in [1.82, 2.24) is 9.97 Å². The van der Waals surface area contributed by atoms with Crippen molar-refractivity contribution in [2.45, 2.75) is 13.8 Å². The summed E-state index contributed by atoms with van der Waals surface area (Å²) in [6, 6.07) is 22.8. The average molecular weight is 673 g/mol. The fourth-order valence-electron chi connectivity index (χ4n) is 4.09. The van der Waals surface area contributed by atoms with Gasteiger partial charge in [0.05, 0.1) is 10.8 Å². The van der Waals surface area contributed by atoms with E-state index in [1.807, 2.05) is 86.6 Å². The SMILES string of the molecule is Cc1cc2cnc3ccccc3[nH+]cc3cc(C)cc(c[nH+]c4ccccc4ncc(c1)c2O)c3O.[O-][Cl+3]([O-])([O-])[O-].[O-][Cl+3]([O-])([O-])[O-]. The molecule has 0 fully saturated rings. The molecule has 0 aliphatic rings. The van der Waals surface area contributed by atoms with Crippen molar-refractivity contribution in [3.05, 3.63) is 109 Å². The number of hydrogen-bond donors (Lipinski definition) is 2. The summed E-state index contributed by atoms with van der Waals surface area (Å²) in [7, 11) is -9.89. The minimum absolute atomic E-state index is 0.110. The van der Waals surface area contributed by atoms with Crippen molar-refractivity contribution in [3.63, 3.8) is 0 Å². The summed E-state index contributed by atoms with van der Waals surface area (Å²) in [6.07, 6.45) is 6.82. The molecule has 0 atom stereocenters. The van der Waals surface area contributed by atoms with Gasteiger partial charge in [0.25, 0.3) is 0 Å². The maximum absolute atomic E-state index is 11.0. The van der Waals surface area contributed by atoms with Crippen LogP contribution in [0, 0.1) is 34.3 Å². The molecule has 4 N–H and O–H groups in total. The first-order valence-corrected chi connectivity index (χ1v) is 15.3. The Labute approximate surface area is 265 Å². The highest BCUT2D eigenvalue weighted by Crippen LogP contribution is 2.26. The number of aromatic amines is 2. The summed E-state index contributed by atoms with van der Waals surface area (Å²) in [6.45, 7) is 3.95. The lowest BCUT2D eigenvalue weighted by atomic mass is 10.1. The molecule has 1 heterocycles. The van der Waals surface area contributed by atoms with Crippen molar-refractivity contribution < 1.29 is 77.9 Å². The molecular formula is C30H26Cl2N4O10. The van der Waals surface area contributed by atoms with Gasteiger partial charge < -0.3 is 10.2 Å². The van der Waals surface area contributed by atoms with Gasteiger partial charge >= 0.3 is 0 Å². The highest BCUT2D eigenvalue weighted by Gasteiger charge is 2.05. The Bertz CT molecular complexity index is 1740. The zero-order valence-corrected chi connectivity index (χ0v) is 25.6. The van der Waals surface area contributed by atoms with Crippen LogP contribution >= 0.6 is 0 Å². The summed E-state index contributed by atoms with van der Waals surface area (Å²) in [5.41, 5.74) is 4.91. The number of fused-ring (bicyclic) bond motifs is 6. The number of aromatic hydroxyl groups is 2. The quantitative estimate of drug-likeness (QED) is 0.159. The van der Waals surface area contributed by atoms with E-state index in [4.69, 9.17) is 37.3 Å². The monoisotopic (exact) mass is 672 g/mol. The number of halogens is 2. The fraction of sp³-hybridized carbons (Fsp3) is 0.0667. The van der Waals surface area contributed by atoms with Crippen LogP contribution in [0.3, 0.4) is 0 Å². The van der Waals surface area contributed by atoms with E-state index in [1.54, 1.807) is 24.8 Å². The zero-order chi connectivity index (χ0) is 34.1. The Balaban J connectivity index is 0.000000503. The molecule has 4 bridgehead atoms. The van der Waals surface area contributed by atoms with Crippen LogP contribution in [0.1, 0.15) is 11.1 Å². The molecule has 240 valence electrons. The summed E-state index contributed by atoms with van der Waals surface area (Å²) in [5.74, 6) is 0.262. The first-order chi connectivity index (χ1) is 21.5. The van der Waals surface area contributed by atoms with Gasteiger partial charge in [-0.1, -0.05) is 24.3 Å². The molecule has 16 heteroatoms. The van der Waals surface area contributed by atoms with E-state index in [0.717, 1.165) is 22.2 Å². The van der Waals surface area contributed by atoms with E-state index < -0.39 is 20.5 Å². The smallest absolute Gasteiger partial charge is 0.229 e. The number of H-pyrrole nitrogens is 2. The predicted molar refractivity (Wildman–Crippen MR) is 142 cm³/mol. The van der Waals surface area contributed by atoms with Gasteiger partial charge in [0.1, 0.15) is 22.5 Å². The maximum Gasteiger partial charge on any atom is 0.229 e. The lowest BCUT2D eigenvalue weighted by Crippen LogP contribution is -2.68. The van der Waals surface area contributed by atoms with Crippen LogP contribution in [0.15, 0.2) is 97.6 Å². The lowest BCUT2D eigenvalue weighted by molar-refractivity contribution is -2.00. The molecule has 0 saturated heterocycles. The third-order valence-corrected chi connectivity index (χ3v) is 5.89. The number of rotatable bonds is 0. The first-order valence-electron chi connectivity index (χ1n) is 12.8. The first kappa shape index (κ1) is 35.9. The second-order valence-corrected chi connectivity index (χ2v) is 11.0. The van der Waals surface area contributed by atoms with E-state index in [1.165, 1.54) is 0 Å². The standard InChI is InChI=1S/C30H24N4O2.2ClHO4/c1-19-11-21-15-31-25-7-3-5-9-27(25)33-17-23-13-20(2)14-24(30(23)36)18-34-28-10-6-4-8-26(28)32-16-22(12-19)29(21)35;2*2-1(3,4)5/h3-18,35-36H,1-2H3;2*(H,2,3,4,5). The van der Waals surface area contributed by atoms with Crippen LogP contribution in [0.5, 0.6) is 11.5 Å². The molecule has 46 heavy (non-hydrogen) atoms. The van der Waals surface area contributed by atoms with E-state index in [-0.39, 0.29) is 11.5 Å². The van der Waals surface area contributed by atoms with Gasteiger partial charge in [0.15, 0.2) is 12.4 Å². The van der Waals surface area contributed by atoms with Crippen LogP contribution in [-0.2, 0) is 0 Å². The number of phenols is 2. The maximum atomic E-state index is 11.0. The Morgan fingerprint density at radius 1 is 0.522 bits per heavy atom. The molecule has 0 amide bonds.